The molecule has 0 spiro atoms. The minimum absolute atomic E-state index is 0.124. The highest BCUT2D eigenvalue weighted by Gasteiger charge is 2.32. The van der Waals surface area contributed by atoms with Gasteiger partial charge in [-0.25, -0.2) is 15.0 Å². The number of nitrogens with zero attached hydrogens (tertiary/aromatic N) is 5. The maximum atomic E-state index is 12.9. The molecular weight excluding hydrogens is 439 g/mol. The molecule has 1 aliphatic rings. The van der Waals surface area contributed by atoms with Gasteiger partial charge >= 0.3 is 6.18 Å². The molecule has 4 heterocycles. The minimum atomic E-state index is -4.48. The van der Waals surface area contributed by atoms with Crippen molar-refractivity contribution in [3.8, 4) is 11.1 Å². The second kappa shape index (κ2) is 10.2. The lowest BCUT2D eigenvalue weighted by Crippen LogP contribution is -2.32. The fraction of sp³-hybridized carbons (Fsp3) is 0.308. The molecule has 0 amide bonds. The molecule has 176 valence electrons. The standard InChI is InChI=1S/C26H26F3N5/c1-3-18(2)34-9-7-19(8-10-34)11-20-12-21(15-30-14-20)22-16-31-25(32-17-22)13-23-5-4-6-24(33-23)26(27,28)29/h3-6,12,14-17,19H,1-2,7-11,13H2. The number of aromatic nitrogens is 4. The molecule has 1 aliphatic heterocycles. The number of rotatable bonds is 7. The molecule has 0 bridgehead atoms. The number of allylic oxidation sites excluding steroid dienone is 1. The number of hydrogen-bond acceptors (Lipinski definition) is 5. The topological polar surface area (TPSA) is 54.8 Å². The van der Waals surface area contributed by atoms with Crippen molar-refractivity contribution in [2.75, 3.05) is 13.1 Å². The Bertz CT molecular complexity index is 1150. The van der Waals surface area contributed by atoms with E-state index in [1.54, 1.807) is 24.7 Å². The number of hydrogen-bond donors (Lipinski definition) is 0. The van der Waals surface area contributed by atoms with Gasteiger partial charge < -0.3 is 4.90 Å². The maximum absolute atomic E-state index is 12.9. The number of pyridine rings is 2. The van der Waals surface area contributed by atoms with Crippen molar-refractivity contribution in [2.45, 2.75) is 31.9 Å². The fourth-order valence-electron chi connectivity index (χ4n) is 4.14. The van der Waals surface area contributed by atoms with Crippen LogP contribution in [0.25, 0.3) is 11.1 Å². The Labute approximate surface area is 197 Å². The van der Waals surface area contributed by atoms with Gasteiger partial charge in [0.15, 0.2) is 0 Å². The Balaban J connectivity index is 1.39. The van der Waals surface area contributed by atoms with Gasteiger partial charge in [0, 0.05) is 60.4 Å². The lowest BCUT2D eigenvalue weighted by molar-refractivity contribution is -0.141. The van der Waals surface area contributed by atoms with Crippen LogP contribution in [0.1, 0.15) is 35.6 Å². The van der Waals surface area contributed by atoms with Gasteiger partial charge in [0.25, 0.3) is 0 Å². The summed E-state index contributed by atoms with van der Waals surface area (Å²) in [5.74, 6) is 0.997. The summed E-state index contributed by atoms with van der Waals surface area (Å²) in [5.41, 5.74) is 3.23. The second-order valence-electron chi connectivity index (χ2n) is 8.49. The monoisotopic (exact) mass is 465 g/mol. The van der Waals surface area contributed by atoms with Crippen molar-refractivity contribution in [1.82, 2.24) is 24.8 Å². The molecule has 1 fully saturated rings. The highest BCUT2D eigenvalue weighted by molar-refractivity contribution is 5.61. The predicted octanol–water partition coefficient (Wildman–Crippen LogP) is 5.50. The van der Waals surface area contributed by atoms with Gasteiger partial charge in [0.05, 0.1) is 6.42 Å². The van der Waals surface area contributed by atoms with E-state index < -0.39 is 11.9 Å². The number of likely N-dealkylation sites (tertiary alicyclic amines) is 1. The number of piperidine rings is 1. The third-order valence-corrected chi connectivity index (χ3v) is 6.05. The zero-order valence-corrected chi connectivity index (χ0v) is 18.8. The van der Waals surface area contributed by atoms with Crippen molar-refractivity contribution >= 4 is 0 Å². The summed E-state index contributed by atoms with van der Waals surface area (Å²) in [5, 5.41) is 0. The van der Waals surface area contributed by atoms with E-state index in [0.717, 1.165) is 60.8 Å². The summed E-state index contributed by atoms with van der Waals surface area (Å²) in [6.07, 6.45) is 7.62. The molecule has 0 unspecified atom stereocenters. The lowest BCUT2D eigenvalue weighted by atomic mass is 9.90. The summed E-state index contributed by atoms with van der Waals surface area (Å²) in [7, 11) is 0. The number of alkyl halides is 3. The average molecular weight is 466 g/mol. The first-order valence-electron chi connectivity index (χ1n) is 11.2. The molecule has 0 aliphatic carbocycles. The summed E-state index contributed by atoms with van der Waals surface area (Å²) in [6, 6.07) is 5.94. The van der Waals surface area contributed by atoms with Crippen LogP contribution in [0.2, 0.25) is 0 Å². The maximum Gasteiger partial charge on any atom is 0.433 e. The van der Waals surface area contributed by atoms with Crippen LogP contribution in [0, 0.1) is 5.92 Å². The van der Waals surface area contributed by atoms with Gasteiger partial charge in [-0.1, -0.05) is 19.2 Å². The summed E-state index contributed by atoms with van der Waals surface area (Å²) < 4.78 is 38.6. The van der Waals surface area contributed by atoms with E-state index in [0.29, 0.717) is 11.7 Å². The minimum Gasteiger partial charge on any atom is -0.372 e. The van der Waals surface area contributed by atoms with Crippen LogP contribution < -0.4 is 0 Å². The summed E-state index contributed by atoms with van der Waals surface area (Å²) in [6.45, 7) is 9.80. The Hall–Kier alpha value is -3.55. The van der Waals surface area contributed by atoms with Gasteiger partial charge in [-0.05, 0) is 55.0 Å². The molecule has 0 N–H and O–H groups in total. The van der Waals surface area contributed by atoms with E-state index in [2.05, 4.69) is 44.1 Å². The molecule has 0 atom stereocenters. The predicted molar refractivity (Wildman–Crippen MR) is 125 cm³/mol. The van der Waals surface area contributed by atoms with Crippen LogP contribution in [0.3, 0.4) is 0 Å². The Morgan fingerprint density at radius 2 is 1.79 bits per heavy atom. The quantitative estimate of drug-likeness (QED) is 0.432. The van der Waals surface area contributed by atoms with Crippen molar-refractivity contribution in [3.63, 3.8) is 0 Å². The van der Waals surface area contributed by atoms with E-state index in [9.17, 15) is 13.2 Å². The first kappa shape index (κ1) is 23.6. The van der Waals surface area contributed by atoms with E-state index in [4.69, 9.17) is 0 Å². The van der Waals surface area contributed by atoms with Gasteiger partial charge in [0.2, 0.25) is 0 Å². The summed E-state index contributed by atoms with van der Waals surface area (Å²) >= 11 is 0. The molecule has 1 saturated heterocycles. The molecule has 0 radical (unpaired) electrons. The Morgan fingerprint density at radius 1 is 1.06 bits per heavy atom. The van der Waals surface area contributed by atoms with Gasteiger partial charge in [-0.3, -0.25) is 4.98 Å². The van der Waals surface area contributed by atoms with Crippen LogP contribution in [-0.4, -0.2) is 37.9 Å². The van der Waals surface area contributed by atoms with Crippen LogP contribution in [0.4, 0.5) is 13.2 Å². The van der Waals surface area contributed by atoms with Crippen molar-refractivity contribution in [2.24, 2.45) is 5.92 Å². The van der Waals surface area contributed by atoms with Crippen LogP contribution >= 0.6 is 0 Å². The highest BCUT2D eigenvalue weighted by atomic mass is 19.4. The molecule has 0 aromatic carbocycles. The molecular formula is C26H26F3N5. The van der Waals surface area contributed by atoms with Gasteiger partial charge in [0.1, 0.15) is 11.5 Å². The zero-order valence-electron chi connectivity index (χ0n) is 18.8. The van der Waals surface area contributed by atoms with Crippen LogP contribution in [0.15, 0.2) is 74.0 Å². The van der Waals surface area contributed by atoms with E-state index in [1.165, 1.54) is 12.1 Å². The van der Waals surface area contributed by atoms with Gasteiger partial charge in [-0.2, -0.15) is 13.2 Å². The largest absolute Gasteiger partial charge is 0.433 e. The first-order chi connectivity index (χ1) is 16.3. The molecule has 3 aromatic rings. The van der Waals surface area contributed by atoms with Crippen LogP contribution in [-0.2, 0) is 19.0 Å². The van der Waals surface area contributed by atoms with Crippen LogP contribution in [0.5, 0.6) is 0 Å². The normalized spacial score (nSPS) is 14.7. The van der Waals surface area contributed by atoms with Crippen molar-refractivity contribution in [3.05, 3.63) is 96.8 Å². The Morgan fingerprint density at radius 3 is 2.47 bits per heavy atom. The Kier molecular flexibility index (Phi) is 7.05. The first-order valence-corrected chi connectivity index (χ1v) is 11.2. The van der Waals surface area contributed by atoms with Gasteiger partial charge in [-0.15, -0.1) is 0 Å². The molecule has 34 heavy (non-hydrogen) atoms. The van der Waals surface area contributed by atoms with Crippen molar-refractivity contribution in [1.29, 1.82) is 0 Å². The SMILES string of the molecule is C=CC(=C)N1CCC(Cc2cncc(-c3cnc(Cc4cccc(C(F)(F)F)n4)nc3)c2)CC1. The van der Waals surface area contributed by atoms with E-state index >= 15 is 0 Å². The van der Waals surface area contributed by atoms with E-state index in [-0.39, 0.29) is 12.1 Å². The lowest BCUT2D eigenvalue weighted by Gasteiger charge is -2.33. The van der Waals surface area contributed by atoms with E-state index in [1.807, 2.05) is 6.20 Å². The molecule has 4 rings (SSSR count). The highest BCUT2D eigenvalue weighted by Crippen LogP contribution is 2.28. The molecule has 8 heteroatoms. The molecule has 5 nitrogen and oxygen atoms in total. The average Bonchev–Trinajstić information content (AvgIpc) is 2.84. The smallest absolute Gasteiger partial charge is 0.372 e. The zero-order chi connectivity index (χ0) is 24.1. The second-order valence-corrected chi connectivity index (χ2v) is 8.49. The third kappa shape index (κ3) is 5.87. The third-order valence-electron chi connectivity index (χ3n) is 6.05. The number of halogens is 3. The molecule has 0 saturated carbocycles. The summed E-state index contributed by atoms with van der Waals surface area (Å²) in [4.78, 5) is 19.0. The molecule has 3 aromatic heterocycles. The van der Waals surface area contributed by atoms with Crippen molar-refractivity contribution < 1.29 is 13.2 Å². The fourth-order valence-corrected chi connectivity index (χ4v) is 4.14.